The molecule has 0 heterocycles. The van der Waals surface area contributed by atoms with E-state index in [0.29, 0.717) is 9.68 Å². The molecule has 4 heteroatoms. The van der Waals surface area contributed by atoms with Gasteiger partial charge in [0.1, 0.15) is 9.68 Å². The van der Waals surface area contributed by atoms with Gasteiger partial charge in [-0.3, -0.25) is 0 Å². The van der Waals surface area contributed by atoms with Crippen molar-refractivity contribution in [1.82, 2.24) is 0 Å². The van der Waals surface area contributed by atoms with Crippen LogP contribution < -0.4 is 10.5 Å². The molecule has 0 aromatic rings. The molecule has 2 radical (unpaired) electrons. The zero-order valence-corrected chi connectivity index (χ0v) is 11.7. The fraction of sp³-hybridized carbons (Fsp3) is 0.846. The van der Waals surface area contributed by atoms with E-state index in [0.717, 1.165) is 25.3 Å². The van der Waals surface area contributed by atoms with Gasteiger partial charge in [0.15, 0.2) is 0 Å². The Kier molecular flexibility index (Phi) is 13.2. The second-order valence-corrected chi connectivity index (χ2v) is 5.33. The molecule has 2 N–H and O–H groups in total. The lowest BCUT2D eigenvalue weighted by atomic mass is 10.1. The summed E-state index contributed by atoms with van der Waals surface area (Å²) in [7, 11) is 0.601. The predicted octanol–water partition coefficient (Wildman–Crippen LogP) is 1.84. The molecule has 0 fully saturated rings. The van der Waals surface area contributed by atoms with Crippen LogP contribution in [-0.2, 0) is 4.79 Å². The summed E-state index contributed by atoms with van der Waals surface area (Å²) >= 11 is 0. The summed E-state index contributed by atoms with van der Waals surface area (Å²) in [4.78, 5) is 10.2. The summed E-state index contributed by atoms with van der Waals surface area (Å²) in [6.07, 6.45) is 13.0. The van der Waals surface area contributed by atoms with Crippen LogP contribution in [0.15, 0.2) is 0 Å². The van der Waals surface area contributed by atoms with Gasteiger partial charge in [0, 0.05) is 5.97 Å². The molecular weight excluding hydrogens is 230 g/mol. The van der Waals surface area contributed by atoms with Crippen molar-refractivity contribution in [3.63, 3.8) is 0 Å². The van der Waals surface area contributed by atoms with Crippen LogP contribution in [0.25, 0.3) is 0 Å². The van der Waals surface area contributed by atoms with Gasteiger partial charge in [-0.05, 0) is 38.1 Å². The highest BCUT2D eigenvalue weighted by Gasteiger charge is 1.99. The first-order valence-electron chi connectivity index (χ1n) is 6.72. The largest absolute Gasteiger partial charge is 0.550 e. The van der Waals surface area contributed by atoms with Gasteiger partial charge in [-0.25, -0.2) is 0 Å². The van der Waals surface area contributed by atoms with Crippen molar-refractivity contribution in [1.29, 1.82) is 0 Å². The van der Waals surface area contributed by atoms with Gasteiger partial charge in [0.25, 0.3) is 0 Å². The Morgan fingerprint density at radius 3 is 2.24 bits per heavy atom. The number of unbranched alkanes of at least 4 members (excludes halogenated alkanes) is 9. The summed E-state index contributed by atoms with van der Waals surface area (Å²) in [5.41, 5.74) is 0. The zero-order valence-electron chi connectivity index (χ0n) is 10.7. The minimum atomic E-state index is -0.919. The third-order valence-corrected chi connectivity index (χ3v) is 3.41. The van der Waals surface area contributed by atoms with E-state index in [1.54, 1.807) is 0 Å². The van der Waals surface area contributed by atoms with Crippen LogP contribution in [-0.4, -0.2) is 15.7 Å². The molecule has 0 saturated heterocycles. The first-order valence-corrected chi connectivity index (χ1v) is 8.00. The molecule has 0 spiro atoms. The second kappa shape index (κ2) is 13.6. The molecule has 0 aromatic heterocycles. The molecule has 17 heavy (non-hydrogen) atoms. The van der Waals surface area contributed by atoms with E-state index in [1.165, 1.54) is 38.5 Å². The standard InChI is InChI=1S/C13H25NO2Si/c14-17-12-10-8-6-4-2-1-3-5-7-9-11-13(15)16/h6H,1-5,7-12,14H2. The van der Waals surface area contributed by atoms with Crippen molar-refractivity contribution in [2.24, 2.45) is 5.40 Å². The molecule has 0 rings (SSSR count). The van der Waals surface area contributed by atoms with E-state index >= 15 is 0 Å². The molecule has 0 bridgehead atoms. The number of carboxylic acid groups (broad SMARTS) is 1. The van der Waals surface area contributed by atoms with Crippen LogP contribution in [0.1, 0.15) is 64.2 Å². The van der Waals surface area contributed by atoms with Crippen LogP contribution in [0.5, 0.6) is 0 Å². The van der Waals surface area contributed by atoms with Crippen LogP contribution in [0.3, 0.4) is 0 Å². The van der Waals surface area contributed by atoms with Crippen LogP contribution in [0.2, 0.25) is 6.04 Å². The third-order valence-electron chi connectivity index (χ3n) is 2.77. The fourth-order valence-corrected chi connectivity index (χ4v) is 2.17. The van der Waals surface area contributed by atoms with Crippen molar-refractivity contribution in [3.8, 4) is 0 Å². The number of hydrogen-bond donors (Lipinski definition) is 1. The number of rotatable bonds is 13. The van der Waals surface area contributed by atoms with E-state index in [4.69, 9.17) is 5.40 Å². The van der Waals surface area contributed by atoms with Gasteiger partial charge in [0.2, 0.25) is 0 Å². The van der Waals surface area contributed by atoms with E-state index in [2.05, 4.69) is 6.42 Å². The van der Waals surface area contributed by atoms with Crippen molar-refractivity contribution in [2.45, 2.75) is 70.3 Å². The van der Waals surface area contributed by atoms with Gasteiger partial charge in [0.05, 0.1) is 19.3 Å². The van der Waals surface area contributed by atoms with E-state index in [-0.39, 0.29) is 6.42 Å². The van der Waals surface area contributed by atoms with Gasteiger partial charge in [-0.2, -0.15) is 0 Å². The number of nitrogens with two attached hydrogens (primary N) is 1. The molecule has 0 atom stereocenters. The molecule has 0 aliphatic carbocycles. The number of aliphatic carboxylic acids is 1. The van der Waals surface area contributed by atoms with Crippen LogP contribution in [0.4, 0.5) is 0 Å². The maximum absolute atomic E-state index is 10.2. The first kappa shape index (κ1) is 16.5. The lowest BCUT2D eigenvalue weighted by molar-refractivity contribution is -0.305. The fourth-order valence-electron chi connectivity index (χ4n) is 1.76. The zero-order chi connectivity index (χ0) is 12.8. The lowest BCUT2D eigenvalue weighted by Gasteiger charge is -2.01. The van der Waals surface area contributed by atoms with Gasteiger partial charge in [-0.1, -0.05) is 19.3 Å². The van der Waals surface area contributed by atoms with Crippen LogP contribution >= 0.6 is 0 Å². The summed E-state index contributed by atoms with van der Waals surface area (Å²) < 4.78 is 0. The molecule has 0 amide bonds. The Balaban J connectivity index is 2.91. The van der Waals surface area contributed by atoms with Crippen molar-refractivity contribution >= 4 is 15.7 Å². The highest BCUT2D eigenvalue weighted by atomic mass is 28.2. The molecule has 0 aliphatic rings. The maximum atomic E-state index is 10.2. The third kappa shape index (κ3) is 15.5. The highest BCUT2D eigenvalue weighted by molar-refractivity contribution is 6.30. The summed E-state index contributed by atoms with van der Waals surface area (Å²) in [6.45, 7) is 0. The van der Waals surface area contributed by atoms with Crippen LogP contribution in [0, 0.1) is 6.42 Å². The smallest absolute Gasteiger partial charge is 0.136 e. The number of hydrogen-bond acceptors (Lipinski definition) is 3. The van der Waals surface area contributed by atoms with E-state index in [9.17, 15) is 9.90 Å². The minimum Gasteiger partial charge on any atom is -0.550 e. The molecule has 0 unspecified atom stereocenters. The molecule has 98 valence electrons. The summed E-state index contributed by atoms with van der Waals surface area (Å²) in [5.74, 6) is -0.919. The topological polar surface area (TPSA) is 66.2 Å². The summed E-state index contributed by atoms with van der Waals surface area (Å²) in [5, 5.41) is 15.6. The van der Waals surface area contributed by atoms with E-state index in [1.807, 2.05) is 0 Å². The number of carbonyl (C=O) groups is 1. The monoisotopic (exact) mass is 255 g/mol. The Morgan fingerprint density at radius 1 is 1.00 bits per heavy atom. The number of carboxylic acids is 1. The van der Waals surface area contributed by atoms with Crippen molar-refractivity contribution in [3.05, 3.63) is 6.42 Å². The van der Waals surface area contributed by atoms with Gasteiger partial charge < -0.3 is 15.3 Å². The van der Waals surface area contributed by atoms with Crippen molar-refractivity contribution < 1.29 is 9.90 Å². The normalized spacial score (nSPS) is 10.4. The minimum absolute atomic E-state index is 0.218. The molecule has 0 aliphatic heterocycles. The Hall–Kier alpha value is -0.483. The number of carbonyl (C=O) groups excluding carboxylic acids is 1. The lowest BCUT2D eigenvalue weighted by Crippen LogP contribution is -2.21. The average molecular weight is 255 g/mol. The first-order chi connectivity index (χ1) is 8.27. The second-order valence-electron chi connectivity index (χ2n) is 4.42. The maximum Gasteiger partial charge on any atom is 0.136 e. The van der Waals surface area contributed by atoms with Gasteiger partial charge in [-0.15, -0.1) is 0 Å². The summed E-state index contributed by atoms with van der Waals surface area (Å²) in [6, 6.07) is 1.16. The highest BCUT2D eigenvalue weighted by Crippen LogP contribution is 2.11. The Bertz CT molecular complexity index is 177. The quantitative estimate of drug-likeness (QED) is 0.310. The molecule has 0 saturated carbocycles. The van der Waals surface area contributed by atoms with Crippen molar-refractivity contribution in [2.75, 3.05) is 0 Å². The SMILES string of the molecule is N[Si]CCC[CH+]CCCCCCCCC(=O)[O-]. The molecule has 3 nitrogen and oxygen atoms in total. The Morgan fingerprint density at radius 2 is 1.59 bits per heavy atom. The average Bonchev–Trinajstić information content (AvgIpc) is 2.30. The van der Waals surface area contributed by atoms with Gasteiger partial charge >= 0.3 is 0 Å². The molecular formula is C13H25NO2Si. The predicted molar refractivity (Wildman–Crippen MR) is 70.2 cm³/mol. The Labute approximate surface area is 108 Å². The van der Waals surface area contributed by atoms with E-state index < -0.39 is 5.97 Å². The molecule has 0 aromatic carbocycles.